The average Bonchev–Trinajstić information content (AvgIpc) is 3.44. The Bertz CT molecular complexity index is 710. The molecule has 1 aromatic carbocycles. The normalized spacial score (nSPS) is 18.4. The molecule has 1 saturated carbocycles. The number of aryl methyl sites for hydroxylation is 1. The van der Waals surface area contributed by atoms with Crippen molar-refractivity contribution >= 4 is 11.5 Å². The first-order chi connectivity index (χ1) is 11.8. The second-order valence-corrected chi connectivity index (χ2v) is 6.61. The smallest absolute Gasteiger partial charge is 0.134 e. The number of hydrogen-bond acceptors (Lipinski definition) is 5. The highest BCUT2D eigenvalue weighted by molar-refractivity contribution is 5.59. The standard InChI is InChI=1S/C19H23N3O2/c1-13-12-15(4-5-17(13)24-16-7-10-23-11-8-16)21-18-6-9-20-19(22-18)14-2-3-14/h4-6,9,12,14,16H,2-3,7-8,10-11H2,1H3,(H,20,21,22). The molecule has 0 unspecified atom stereocenters. The lowest BCUT2D eigenvalue weighted by Crippen LogP contribution is -2.26. The van der Waals surface area contributed by atoms with Crippen molar-refractivity contribution in [3.8, 4) is 5.75 Å². The number of benzene rings is 1. The maximum absolute atomic E-state index is 6.12. The number of hydrogen-bond donors (Lipinski definition) is 1. The van der Waals surface area contributed by atoms with Gasteiger partial charge in [0.15, 0.2) is 0 Å². The highest BCUT2D eigenvalue weighted by Crippen LogP contribution is 2.38. The topological polar surface area (TPSA) is 56.3 Å². The molecular weight excluding hydrogens is 302 g/mol. The van der Waals surface area contributed by atoms with E-state index in [-0.39, 0.29) is 6.10 Å². The van der Waals surface area contributed by atoms with E-state index in [1.807, 2.05) is 24.4 Å². The first-order valence-electron chi connectivity index (χ1n) is 8.73. The average molecular weight is 325 g/mol. The van der Waals surface area contributed by atoms with Gasteiger partial charge < -0.3 is 14.8 Å². The summed E-state index contributed by atoms with van der Waals surface area (Å²) in [4.78, 5) is 8.97. The SMILES string of the molecule is Cc1cc(Nc2ccnc(C3CC3)n2)ccc1OC1CCOCC1. The predicted molar refractivity (Wildman–Crippen MR) is 92.9 cm³/mol. The summed E-state index contributed by atoms with van der Waals surface area (Å²) < 4.78 is 11.5. The van der Waals surface area contributed by atoms with Gasteiger partial charge in [-0.05, 0) is 49.6 Å². The van der Waals surface area contributed by atoms with Crippen LogP contribution in [0.15, 0.2) is 30.5 Å². The summed E-state index contributed by atoms with van der Waals surface area (Å²) in [6, 6.07) is 8.10. The van der Waals surface area contributed by atoms with Gasteiger partial charge in [0, 0.05) is 30.6 Å². The largest absolute Gasteiger partial charge is 0.490 e. The molecule has 24 heavy (non-hydrogen) atoms. The maximum atomic E-state index is 6.12. The number of nitrogens with zero attached hydrogens (tertiary/aromatic N) is 2. The van der Waals surface area contributed by atoms with E-state index < -0.39 is 0 Å². The van der Waals surface area contributed by atoms with Crippen molar-refractivity contribution in [1.29, 1.82) is 0 Å². The van der Waals surface area contributed by atoms with Crippen LogP contribution in [-0.2, 0) is 4.74 Å². The number of rotatable bonds is 5. The van der Waals surface area contributed by atoms with E-state index in [0.717, 1.165) is 54.7 Å². The molecule has 126 valence electrons. The lowest BCUT2D eigenvalue weighted by molar-refractivity contribution is 0.0253. The summed E-state index contributed by atoms with van der Waals surface area (Å²) in [5, 5.41) is 3.37. The van der Waals surface area contributed by atoms with Crippen LogP contribution in [0.3, 0.4) is 0 Å². The van der Waals surface area contributed by atoms with Crippen LogP contribution in [0, 0.1) is 6.92 Å². The number of aromatic nitrogens is 2. The summed E-state index contributed by atoms with van der Waals surface area (Å²) in [7, 11) is 0. The van der Waals surface area contributed by atoms with Crippen LogP contribution in [-0.4, -0.2) is 29.3 Å². The highest BCUT2D eigenvalue weighted by Gasteiger charge is 2.26. The molecule has 0 bridgehead atoms. The van der Waals surface area contributed by atoms with E-state index in [0.29, 0.717) is 5.92 Å². The van der Waals surface area contributed by atoms with Gasteiger partial charge in [0.05, 0.1) is 13.2 Å². The van der Waals surface area contributed by atoms with Crippen molar-refractivity contribution in [3.05, 3.63) is 41.9 Å². The lowest BCUT2D eigenvalue weighted by Gasteiger charge is -2.24. The molecular formula is C19H23N3O2. The maximum Gasteiger partial charge on any atom is 0.134 e. The fourth-order valence-corrected chi connectivity index (χ4v) is 2.96. The van der Waals surface area contributed by atoms with Gasteiger partial charge >= 0.3 is 0 Å². The summed E-state index contributed by atoms with van der Waals surface area (Å²) in [5.41, 5.74) is 2.15. The molecule has 4 rings (SSSR count). The van der Waals surface area contributed by atoms with Gasteiger partial charge in [-0.1, -0.05) is 0 Å². The van der Waals surface area contributed by atoms with Gasteiger partial charge in [0.1, 0.15) is 23.5 Å². The van der Waals surface area contributed by atoms with Crippen molar-refractivity contribution in [3.63, 3.8) is 0 Å². The molecule has 2 aliphatic rings. The van der Waals surface area contributed by atoms with Gasteiger partial charge in [-0.25, -0.2) is 9.97 Å². The molecule has 2 fully saturated rings. The Labute approximate surface area is 142 Å². The van der Waals surface area contributed by atoms with Crippen LogP contribution in [0.5, 0.6) is 5.75 Å². The van der Waals surface area contributed by atoms with E-state index in [1.165, 1.54) is 12.8 Å². The van der Waals surface area contributed by atoms with Crippen molar-refractivity contribution in [1.82, 2.24) is 9.97 Å². The van der Waals surface area contributed by atoms with Crippen molar-refractivity contribution < 1.29 is 9.47 Å². The Morgan fingerprint density at radius 2 is 1.96 bits per heavy atom. The molecule has 0 radical (unpaired) electrons. The first-order valence-corrected chi connectivity index (χ1v) is 8.73. The van der Waals surface area contributed by atoms with Crippen molar-refractivity contribution in [2.75, 3.05) is 18.5 Å². The van der Waals surface area contributed by atoms with Crippen molar-refractivity contribution in [2.45, 2.75) is 44.6 Å². The molecule has 2 aromatic rings. The number of anilines is 2. The molecule has 1 aromatic heterocycles. The summed E-state index contributed by atoms with van der Waals surface area (Å²) in [5.74, 6) is 3.32. The molecule has 2 heterocycles. The molecule has 0 spiro atoms. The van der Waals surface area contributed by atoms with Crippen LogP contribution in [0.1, 0.15) is 43.0 Å². The molecule has 0 atom stereocenters. The third-order valence-corrected chi connectivity index (χ3v) is 4.53. The Morgan fingerprint density at radius 1 is 1.12 bits per heavy atom. The zero-order valence-corrected chi connectivity index (χ0v) is 14.0. The van der Waals surface area contributed by atoms with Gasteiger partial charge in [0.25, 0.3) is 0 Å². The summed E-state index contributed by atoms with van der Waals surface area (Å²) in [6.45, 7) is 3.66. The molecule has 1 aliphatic heterocycles. The van der Waals surface area contributed by atoms with Gasteiger partial charge in [-0.15, -0.1) is 0 Å². The van der Waals surface area contributed by atoms with E-state index in [9.17, 15) is 0 Å². The van der Waals surface area contributed by atoms with Crippen LogP contribution in [0.2, 0.25) is 0 Å². The van der Waals surface area contributed by atoms with Crippen LogP contribution in [0.25, 0.3) is 0 Å². The number of nitrogens with one attached hydrogen (secondary N) is 1. The third-order valence-electron chi connectivity index (χ3n) is 4.53. The highest BCUT2D eigenvalue weighted by atomic mass is 16.5. The Balaban J connectivity index is 1.44. The Hall–Kier alpha value is -2.14. The zero-order chi connectivity index (χ0) is 16.4. The van der Waals surface area contributed by atoms with Gasteiger partial charge in [0.2, 0.25) is 0 Å². The number of ether oxygens (including phenoxy) is 2. The lowest BCUT2D eigenvalue weighted by atomic mass is 10.1. The molecule has 5 nitrogen and oxygen atoms in total. The molecule has 1 aliphatic carbocycles. The minimum Gasteiger partial charge on any atom is -0.490 e. The zero-order valence-electron chi connectivity index (χ0n) is 14.0. The summed E-state index contributed by atoms with van der Waals surface area (Å²) >= 11 is 0. The van der Waals surface area contributed by atoms with Crippen molar-refractivity contribution in [2.24, 2.45) is 0 Å². The Morgan fingerprint density at radius 3 is 2.71 bits per heavy atom. The second kappa shape index (κ2) is 6.77. The monoisotopic (exact) mass is 325 g/mol. The minimum absolute atomic E-state index is 0.263. The fraction of sp³-hybridized carbons (Fsp3) is 0.474. The molecule has 1 saturated heterocycles. The predicted octanol–water partition coefficient (Wildman–Crippen LogP) is 3.96. The van der Waals surface area contributed by atoms with Gasteiger partial charge in [-0.3, -0.25) is 0 Å². The molecule has 0 amide bonds. The molecule has 5 heteroatoms. The van der Waals surface area contributed by atoms with E-state index in [2.05, 4.69) is 28.3 Å². The first kappa shape index (κ1) is 15.4. The second-order valence-electron chi connectivity index (χ2n) is 6.61. The van der Waals surface area contributed by atoms with Crippen LogP contribution >= 0.6 is 0 Å². The third kappa shape index (κ3) is 3.67. The van der Waals surface area contributed by atoms with Gasteiger partial charge in [-0.2, -0.15) is 0 Å². The van der Waals surface area contributed by atoms with E-state index in [4.69, 9.17) is 9.47 Å². The quantitative estimate of drug-likeness (QED) is 0.901. The van der Waals surface area contributed by atoms with Crippen LogP contribution < -0.4 is 10.1 Å². The van der Waals surface area contributed by atoms with E-state index in [1.54, 1.807) is 0 Å². The summed E-state index contributed by atoms with van der Waals surface area (Å²) in [6.07, 6.45) is 6.44. The van der Waals surface area contributed by atoms with E-state index >= 15 is 0 Å². The van der Waals surface area contributed by atoms with Crippen LogP contribution in [0.4, 0.5) is 11.5 Å². The fourth-order valence-electron chi connectivity index (χ4n) is 2.96. The minimum atomic E-state index is 0.263. The Kier molecular flexibility index (Phi) is 4.34. The molecule has 1 N–H and O–H groups in total.